The van der Waals surface area contributed by atoms with Gasteiger partial charge in [0.1, 0.15) is 0 Å². The van der Waals surface area contributed by atoms with Gasteiger partial charge in [0, 0.05) is 45.1 Å². The van der Waals surface area contributed by atoms with Gasteiger partial charge in [-0.2, -0.15) is 23.4 Å². The van der Waals surface area contributed by atoms with Crippen molar-refractivity contribution in [3.8, 4) is 6.07 Å². The molecule has 2 fully saturated rings. The summed E-state index contributed by atoms with van der Waals surface area (Å²) in [6, 6.07) is 7.26. The van der Waals surface area contributed by atoms with E-state index in [1.165, 1.54) is 12.1 Å². The number of aromatic nitrogens is 2. The van der Waals surface area contributed by atoms with Crippen molar-refractivity contribution in [2.24, 2.45) is 5.92 Å². The van der Waals surface area contributed by atoms with Crippen LogP contribution >= 0.6 is 0 Å². The molecule has 200 valence electrons. The van der Waals surface area contributed by atoms with Gasteiger partial charge in [0.2, 0.25) is 5.89 Å². The van der Waals surface area contributed by atoms with E-state index in [0.717, 1.165) is 17.7 Å². The highest BCUT2D eigenvalue weighted by molar-refractivity contribution is 5.75. The molecule has 3 heterocycles. The van der Waals surface area contributed by atoms with Gasteiger partial charge in [-0.15, -0.1) is 0 Å². The third kappa shape index (κ3) is 6.06. The largest absolute Gasteiger partial charge is 0.416 e. The first-order valence-electron chi connectivity index (χ1n) is 12.5. The van der Waals surface area contributed by atoms with Crippen LogP contribution in [0.2, 0.25) is 0 Å². The average molecular weight is 520 g/mol. The standard InChI is InChI=1S/C26H32F3N5O3/c1-25(2,16-36-3)23-31-22(37-32-23)20-12-19(18-4-6-21(7-5-18)26(27,28)29)14-34(15-20)24(35)33-10-8-17(13-30)9-11-33/h4-7,17,19-20H,8-12,14-16H2,1-3H3. The third-order valence-corrected chi connectivity index (χ3v) is 7.28. The summed E-state index contributed by atoms with van der Waals surface area (Å²) in [5.74, 6) is 0.366. The Morgan fingerprint density at radius 1 is 1.14 bits per heavy atom. The van der Waals surface area contributed by atoms with Crippen LogP contribution in [-0.2, 0) is 16.3 Å². The summed E-state index contributed by atoms with van der Waals surface area (Å²) in [6.07, 6.45) is -2.61. The van der Waals surface area contributed by atoms with E-state index in [4.69, 9.17) is 9.26 Å². The fourth-order valence-corrected chi connectivity index (χ4v) is 5.12. The minimum absolute atomic E-state index is 0.0506. The zero-order valence-electron chi connectivity index (χ0n) is 21.3. The Labute approximate surface area is 214 Å². The van der Waals surface area contributed by atoms with Gasteiger partial charge in [0.05, 0.1) is 29.6 Å². The molecule has 0 bridgehead atoms. The van der Waals surface area contributed by atoms with Crippen molar-refractivity contribution in [3.05, 3.63) is 47.1 Å². The predicted octanol–water partition coefficient (Wildman–Crippen LogP) is 4.94. The van der Waals surface area contributed by atoms with Crippen molar-refractivity contribution in [2.45, 2.75) is 56.5 Å². The number of carbonyl (C=O) groups is 1. The number of ether oxygens (including phenoxy) is 1. The monoisotopic (exact) mass is 519 g/mol. The number of urea groups is 1. The molecule has 2 atom stereocenters. The van der Waals surface area contributed by atoms with Gasteiger partial charge in [-0.25, -0.2) is 4.79 Å². The molecule has 2 aliphatic heterocycles. The Hall–Kier alpha value is -3.13. The van der Waals surface area contributed by atoms with Crippen molar-refractivity contribution < 1.29 is 27.2 Å². The molecular formula is C26H32F3N5O3. The van der Waals surface area contributed by atoms with Crippen LogP contribution in [0.3, 0.4) is 0 Å². The van der Waals surface area contributed by atoms with Crippen LogP contribution in [-0.4, -0.2) is 65.9 Å². The van der Waals surface area contributed by atoms with Crippen molar-refractivity contribution in [2.75, 3.05) is 39.9 Å². The number of carbonyl (C=O) groups excluding carboxylic acids is 1. The van der Waals surface area contributed by atoms with Crippen LogP contribution in [0, 0.1) is 17.2 Å². The van der Waals surface area contributed by atoms with Crippen molar-refractivity contribution in [1.29, 1.82) is 5.26 Å². The molecule has 0 N–H and O–H groups in total. The summed E-state index contributed by atoms with van der Waals surface area (Å²) in [5.41, 5.74) is -0.463. The van der Waals surface area contributed by atoms with Crippen LogP contribution in [0.1, 0.15) is 67.8 Å². The molecule has 0 radical (unpaired) electrons. The first kappa shape index (κ1) is 26.9. The maximum absolute atomic E-state index is 13.5. The van der Waals surface area contributed by atoms with Gasteiger partial charge < -0.3 is 19.1 Å². The van der Waals surface area contributed by atoms with Gasteiger partial charge in [0.25, 0.3) is 0 Å². The summed E-state index contributed by atoms with van der Waals surface area (Å²) < 4.78 is 50.2. The summed E-state index contributed by atoms with van der Waals surface area (Å²) in [6.45, 7) is 6.01. The zero-order chi connectivity index (χ0) is 26.8. The van der Waals surface area contributed by atoms with Gasteiger partial charge in [-0.1, -0.05) is 31.1 Å². The minimum Gasteiger partial charge on any atom is -0.384 e. The number of amides is 2. The number of alkyl halides is 3. The second-order valence-corrected chi connectivity index (χ2v) is 10.6. The Bertz CT molecular complexity index is 1120. The number of rotatable bonds is 5. The summed E-state index contributed by atoms with van der Waals surface area (Å²) in [5, 5.41) is 13.3. The molecule has 1 aromatic heterocycles. The number of likely N-dealkylation sites (tertiary alicyclic amines) is 2. The fraction of sp³-hybridized carbons (Fsp3) is 0.615. The Morgan fingerprint density at radius 3 is 2.38 bits per heavy atom. The quantitative estimate of drug-likeness (QED) is 0.555. The molecule has 1 aromatic carbocycles. The smallest absolute Gasteiger partial charge is 0.384 e. The molecule has 4 rings (SSSR count). The first-order chi connectivity index (χ1) is 17.5. The normalized spacial score (nSPS) is 21.6. The van der Waals surface area contributed by atoms with E-state index < -0.39 is 17.2 Å². The highest BCUT2D eigenvalue weighted by Crippen LogP contribution is 2.38. The second-order valence-electron chi connectivity index (χ2n) is 10.6. The molecule has 11 heteroatoms. The number of nitrogens with zero attached hydrogens (tertiary/aromatic N) is 5. The maximum atomic E-state index is 13.5. The van der Waals surface area contributed by atoms with Gasteiger partial charge in [-0.05, 0) is 37.0 Å². The highest BCUT2D eigenvalue weighted by atomic mass is 19.4. The molecule has 2 amide bonds. The molecule has 37 heavy (non-hydrogen) atoms. The number of hydrogen-bond donors (Lipinski definition) is 0. The molecule has 2 saturated heterocycles. The van der Waals surface area contributed by atoms with Gasteiger partial charge in [0.15, 0.2) is 5.82 Å². The van der Waals surface area contributed by atoms with Crippen molar-refractivity contribution in [3.63, 3.8) is 0 Å². The molecule has 0 saturated carbocycles. The van der Waals surface area contributed by atoms with Crippen LogP contribution in [0.4, 0.5) is 18.0 Å². The molecule has 0 aliphatic carbocycles. The lowest BCUT2D eigenvalue weighted by molar-refractivity contribution is -0.137. The van der Waals surface area contributed by atoms with E-state index >= 15 is 0 Å². The van der Waals surface area contributed by atoms with Crippen molar-refractivity contribution >= 4 is 6.03 Å². The number of benzene rings is 1. The molecular weight excluding hydrogens is 487 g/mol. The number of nitriles is 1. The SMILES string of the molecule is COCC(C)(C)c1noc(C2CC(c3ccc(C(F)(F)F)cc3)CN(C(=O)N3CCC(C#N)CC3)C2)n1. The van der Waals surface area contributed by atoms with E-state index in [-0.39, 0.29) is 23.8 Å². The molecule has 2 aromatic rings. The highest BCUT2D eigenvalue weighted by Gasteiger charge is 2.38. The van der Waals surface area contributed by atoms with E-state index in [1.54, 1.807) is 16.9 Å². The number of piperidine rings is 2. The van der Waals surface area contributed by atoms with E-state index in [0.29, 0.717) is 63.8 Å². The van der Waals surface area contributed by atoms with E-state index in [2.05, 4.69) is 16.2 Å². The fourth-order valence-electron chi connectivity index (χ4n) is 5.12. The first-order valence-corrected chi connectivity index (χ1v) is 12.5. The van der Waals surface area contributed by atoms with Crippen LogP contribution in [0.5, 0.6) is 0 Å². The third-order valence-electron chi connectivity index (χ3n) is 7.28. The summed E-state index contributed by atoms with van der Waals surface area (Å²) >= 11 is 0. The molecule has 2 aliphatic rings. The topological polar surface area (TPSA) is 95.5 Å². The Kier molecular flexibility index (Phi) is 7.78. The Balaban J connectivity index is 1.59. The Morgan fingerprint density at radius 2 is 1.78 bits per heavy atom. The van der Waals surface area contributed by atoms with Crippen LogP contribution in [0.15, 0.2) is 28.8 Å². The van der Waals surface area contributed by atoms with Crippen LogP contribution < -0.4 is 0 Å². The van der Waals surface area contributed by atoms with E-state index in [1.807, 2.05) is 13.8 Å². The second kappa shape index (κ2) is 10.7. The summed E-state index contributed by atoms with van der Waals surface area (Å²) in [4.78, 5) is 21.6. The minimum atomic E-state index is -4.42. The lowest BCUT2D eigenvalue weighted by atomic mass is 9.84. The maximum Gasteiger partial charge on any atom is 0.416 e. The van der Waals surface area contributed by atoms with Crippen LogP contribution in [0.25, 0.3) is 0 Å². The van der Waals surface area contributed by atoms with Crippen molar-refractivity contribution in [1.82, 2.24) is 19.9 Å². The molecule has 2 unspecified atom stereocenters. The number of halogens is 3. The van der Waals surface area contributed by atoms with Gasteiger partial charge in [-0.3, -0.25) is 0 Å². The zero-order valence-corrected chi connectivity index (χ0v) is 21.3. The lowest BCUT2D eigenvalue weighted by Gasteiger charge is -2.40. The van der Waals surface area contributed by atoms with Gasteiger partial charge >= 0.3 is 12.2 Å². The molecule has 8 nitrogen and oxygen atoms in total. The number of methoxy groups -OCH3 is 1. The predicted molar refractivity (Wildman–Crippen MR) is 128 cm³/mol. The summed E-state index contributed by atoms with van der Waals surface area (Å²) in [7, 11) is 1.60. The number of hydrogen-bond acceptors (Lipinski definition) is 6. The average Bonchev–Trinajstić information content (AvgIpc) is 3.39. The van der Waals surface area contributed by atoms with E-state index in [9.17, 15) is 23.2 Å². The molecule has 0 spiro atoms. The lowest BCUT2D eigenvalue weighted by Crippen LogP contribution is -2.51.